The number of hydrogen-bond donors (Lipinski definition) is 5. The number of aryl methyl sites for hydroxylation is 2. The van der Waals surface area contributed by atoms with Crippen molar-refractivity contribution < 1.29 is 13.2 Å². The zero-order valence-electron chi connectivity index (χ0n) is 19.8. The number of aromatic nitrogens is 2. The molecule has 0 aliphatic carbocycles. The summed E-state index contributed by atoms with van der Waals surface area (Å²) in [5.74, 6) is 0.871. The zero-order valence-corrected chi connectivity index (χ0v) is 21.4. The maximum absolute atomic E-state index is 12.5. The molecule has 0 unspecified atom stereocenters. The van der Waals surface area contributed by atoms with Crippen molar-refractivity contribution in [2.45, 2.75) is 12.8 Å². The fourth-order valence-electron chi connectivity index (χ4n) is 3.52. The Morgan fingerprint density at radius 1 is 1.08 bits per heavy atom. The van der Waals surface area contributed by atoms with Crippen molar-refractivity contribution in [2.24, 2.45) is 0 Å². The predicted molar refractivity (Wildman–Crippen MR) is 142 cm³/mol. The molecule has 2 amide bonds. The van der Waals surface area contributed by atoms with Crippen LogP contribution in [0.1, 0.15) is 11.1 Å². The van der Waals surface area contributed by atoms with Crippen molar-refractivity contribution in [2.75, 3.05) is 43.1 Å². The third-order valence-electron chi connectivity index (χ3n) is 5.40. The van der Waals surface area contributed by atoms with E-state index in [0.29, 0.717) is 28.9 Å². The molecular formula is C23H27ClN8O3S. The first-order chi connectivity index (χ1) is 17.2. The van der Waals surface area contributed by atoms with Gasteiger partial charge in [-0.15, -0.1) is 0 Å². The van der Waals surface area contributed by atoms with Crippen LogP contribution in [-0.2, 0) is 23.1 Å². The summed E-state index contributed by atoms with van der Waals surface area (Å²) in [4.78, 5) is 21.2. The molecular weight excluding hydrogens is 504 g/mol. The lowest BCUT2D eigenvalue weighted by Gasteiger charge is -2.15. The molecule has 0 spiro atoms. The normalized spacial score (nSPS) is 12.9. The minimum absolute atomic E-state index is 0.0652. The number of anilines is 5. The van der Waals surface area contributed by atoms with Crippen LogP contribution in [0.2, 0.25) is 5.02 Å². The van der Waals surface area contributed by atoms with E-state index in [1.165, 1.54) is 20.3 Å². The van der Waals surface area contributed by atoms with E-state index in [9.17, 15) is 13.2 Å². The van der Waals surface area contributed by atoms with Crippen molar-refractivity contribution in [3.63, 3.8) is 0 Å². The van der Waals surface area contributed by atoms with Gasteiger partial charge in [-0.3, -0.25) is 0 Å². The lowest BCUT2D eigenvalue weighted by Crippen LogP contribution is -2.41. The van der Waals surface area contributed by atoms with Crippen molar-refractivity contribution in [1.29, 1.82) is 0 Å². The molecule has 36 heavy (non-hydrogen) atoms. The maximum atomic E-state index is 12.5. The Balaban J connectivity index is 1.52. The van der Waals surface area contributed by atoms with Crippen molar-refractivity contribution in [3.8, 4) is 0 Å². The van der Waals surface area contributed by atoms with Crippen LogP contribution in [0.15, 0.2) is 48.7 Å². The molecule has 1 aliphatic rings. The number of urea groups is 1. The topological polar surface area (TPSA) is 140 Å². The van der Waals surface area contributed by atoms with Crippen LogP contribution >= 0.6 is 11.6 Å². The lowest BCUT2D eigenvalue weighted by molar-refractivity contribution is 0.252. The number of amides is 2. The predicted octanol–water partition coefficient (Wildman–Crippen LogP) is 3.23. The molecule has 2 heterocycles. The first kappa shape index (κ1) is 25.6. The number of nitrogens with zero attached hydrogens (tertiary/aromatic N) is 3. The molecule has 0 radical (unpaired) electrons. The summed E-state index contributed by atoms with van der Waals surface area (Å²) in [6.07, 6.45) is 2.93. The van der Waals surface area contributed by atoms with Gasteiger partial charge in [-0.05, 0) is 54.3 Å². The first-order valence-electron chi connectivity index (χ1n) is 11.2. The van der Waals surface area contributed by atoms with Crippen LogP contribution < -0.4 is 26.0 Å². The Labute approximate surface area is 214 Å². The van der Waals surface area contributed by atoms with Gasteiger partial charge in [0, 0.05) is 44.2 Å². The highest BCUT2D eigenvalue weighted by Crippen LogP contribution is 2.29. The van der Waals surface area contributed by atoms with Gasteiger partial charge in [-0.1, -0.05) is 23.7 Å². The SMILES string of the molecule is CN(C)S(=O)(=O)NCCNC(=O)Nc1ccc2cc1CCc1cccc(c1)Nc1ncc(Cl)c(n1)N2. The molecule has 0 atom stereocenters. The summed E-state index contributed by atoms with van der Waals surface area (Å²) < 4.78 is 27.0. The average Bonchev–Trinajstić information content (AvgIpc) is 2.84. The van der Waals surface area contributed by atoms with Crippen LogP contribution in [0.4, 0.5) is 33.6 Å². The van der Waals surface area contributed by atoms with Crippen LogP contribution in [0, 0.1) is 0 Å². The second-order valence-corrected chi connectivity index (χ2v) is 10.7. The number of benzene rings is 2. The second kappa shape index (κ2) is 11.1. The Morgan fingerprint density at radius 2 is 1.89 bits per heavy atom. The molecule has 0 saturated heterocycles. The van der Waals surface area contributed by atoms with Gasteiger partial charge in [0.1, 0.15) is 5.02 Å². The van der Waals surface area contributed by atoms with E-state index in [1.54, 1.807) is 6.07 Å². The monoisotopic (exact) mass is 530 g/mol. The van der Waals surface area contributed by atoms with E-state index >= 15 is 0 Å². The van der Waals surface area contributed by atoms with Crippen LogP contribution in [0.3, 0.4) is 0 Å². The number of fused-ring (bicyclic) bond motifs is 6. The number of carbonyl (C=O) groups excluding carboxylic acids is 1. The van der Waals surface area contributed by atoms with Crippen molar-refractivity contribution >= 4 is 56.7 Å². The molecule has 11 nitrogen and oxygen atoms in total. The minimum Gasteiger partial charge on any atom is -0.339 e. The van der Waals surface area contributed by atoms with E-state index < -0.39 is 16.2 Å². The molecule has 0 fully saturated rings. The molecule has 1 aromatic heterocycles. The van der Waals surface area contributed by atoms with E-state index in [2.05, 4.69) is 36.0 Å². The molecule has 190 valence electrons. The Hall–Kier alpha value is -3.45. The highest BCUT2D eigenvalue weighted by Gasteiger charge is 2.14. The second-order valence-electron chi connectivity index (χ2n) is 8.28. The number of rotatable bonds is 6. The summed E-state index contributed by atoms with van der Waals surface area (Å²) in [5, 5.41) is 12.3. The van der Waals surface area contributed by atoms with Gasteiger partial charge < -0.3 is 21.3 Å². The van der Waals surface area contributed by atoms with Crippen LogP contribution in [0.5, 0.6) is 0 Å². The summed E-state index contributed by atoms with van der Waals surface area (Å²) in [6, 6.07) is 13.1. The van der Waals surface area contributed by atoms with Crippen LogP contribution in [-0.4, -0.2) is 55.9 Å². The Kier molecular flexibility index (Phi) is 7.89. The summed E-state index contributed by atoms with van der Waals surface area (Å²) >= 11 is 6.31. The molecule has 5 N–H and O–H groups in total. The molecule has 2 aromatic carbocycles. The van der Waals surface area contributed by atoms with E-state index in [-0.39, 0.29) is 13.1 Å². The number of halogens is 1. The van der Waals surface area contributed by atoms with Gasteiger partial charge >= 0.3 is 6.03 Å². The van der Waals surface area contributed by atoms with Crippen LogP contribution in [0.25, 0.3) is 0 Å². The summed E-state index contributed by atoms with van der Waals surface area (Å²) in [7, 11) is -0.691. The molecule has 0 saturated carbocycles. The highest BCUT2D eigenvalue weighted by molar-refractivity contribution is 7.87. The van der Waals surface area contributed by atoms with E-state index in [4.69, 9.17) is 11.6 Å². The third kappa shape index (κ3) is 6.61. The molecule has 4 rings (SSSR count). The molecule has 6 bridgehead atoms. The first-order valence-corrected chi connectivity index (χ1v) is 13.0. The Morgan fingerprint density at radius 3 is 2.69 bits per heavy atom. The standard InChI is InChI=1S/C23H27ClN8O3S/c1-32(2)36(34,35)27-11-10-25-23(33)30-20-9-8-18-13-16(20)7-6-15-4-3-5-17(12-15)29-22-26-14-19(24)21(28-18)31-22/h3-5,8-9,12-14,27H,6-7,10-11H2,1-2H3,(H2,25,30,33)(H2,26,28,29,31). The number of nitrogens with one attached hydrogen (secondary N) is 5. The summed E-state index contributed by atoms with van der Waals surface area (Å²) in [5.41, 5.74) is 4.27. The molecule has 3 aromatic rings. The van der Waals surface area contributed by atoms with Crippen molar-refractivity contribution in [3.05, 3.63) is 64.8 Å². The highest BCUT2D eigenvalue weighted by atomic mass is 35.5. The lowest BCUT2D eigenvalue weighted by atomic mass is 10.0. The number of hydrogen-bond acceptors (Lipinski definition) is 7. The van der Waals surface area contributed by atoms with Gasteiger partial charge in [0.2, 0.25) is 5.95 Å². The van der Waals surface area contributed by atoms with Gasteiger partial charge in [0.25, 0.3) is 10.2 Å². The largest absolute Gasteiger partial charge is 0.339 e. The van der Waals surface area contributed by atoms with Crippen molar-refractivity contribution in [1.82, 2.24) is 24.3 Å². The minimum atomic E-state index is -3.55. The van der Waals surface area contributed by atoms with Gasteiger partial charge in [0.15, 0.2) is 5.82 Å². The average molecular weight is 531 g/mol. The zero-order chi connectivity index (χ0) is 25.7. The van der Waals surface area contributed by atoms with Gasteiger partial charge in [-0.2, -0.15) is 17.7 Å². The smallest absolute Gasteiger partial charge is 0.319 e. The summed E-state index contributed by atoms with van der Waals surface area (Å²) in [6.45, 7) is 0.192. The van der Waals surface area contributed by atoms with E-state index in [0.717, 1.165) is 33.2 Å². The number of carbonyl (C=O) groups is 1. The van der Waals surface area contributed by atoms with Gasteiger partial charge in [-0.25, -0.2) is 14.5 Å². The molecule has 1 aliphatic heterocycles. The maximum Gasteiger partial charge on any atom is 0.319 e. The quantitative estimate of drug-likeness (QED) is 0.308. The van der Waals surface area contributed by atoms with E-state index in [1.807, 2.05) is 36.4 Å². The third-order valence-corrected chi connectivity index (χ3v) is 7.21. The fraction of sp³-hybridized carbons (Fsp3) is 0.261. The molecule has 13 heteroatoms. The van der Waals surface area contributed by atoms with Gasteiger partial charge in [0.05, 0.1) is 6.20 Å². The fourth-order valence-corrected chi connectivity index (χ4v) is 4.27. The Bertz CT molecular complexity index is 1370.